The molecule has 0 bridgehead atoms. The van der Waals surface area contributed by atoms with Gasteiger partial charge in [-0.15, -0.1) is 0 Å². The van der Waals surface area contributed by atoms with Crippen molar-refractivity contribution < 1.29 is 19.1 Å². The smallest absolute Gasteiger partial charge is 0.284 e. The Kier molecular flexibility index (Phi) is 4.13. The lowest BCUT2D eigenvalue weighted by Gasteiger charge is -2.17. The molecule has 1 aromatic carbocycles. The Morgan fingerprint density at radius 1 is 1.12 bits per heavy atom. The Balaban J connectivity index is 3.23. The first-order valence-corrected chi connectivity index (χ1v) is 4.68. The van der Waals surface area contributed by atoms with Crippen molar-refractivity contribution >= 4 is 5.91 Å². The first kappa shape index (κ1) is 12.3. The molecule has 1 amide bonds. The van der Waals surface area contributed by atoms with Crippen LogP contribution in [0.1, 0.15) is 10.4 Å². The minimum absolute atomic E-state index is 0.322. The summed E-state index contributed by atoms with van der Waals surface area (Å²) in [6.45, 7) is 0. The van der Waals surface area contributed by atoms with E-state index in [2.05, 4.69) is 0 Å². The molecule has 0 aliphatic carbocycles. The molecule has 5 heteroatoms. The molecule has 0 N–H and O–H groups in total. The molecule has 0 aliphatic rings. The van der Waals surface area contributed by atoms with Gasteiger partial charge in [-0.05, 0) is 12.1 Å². The van der Waals surface area contributed by atoms with Crippen LogP contribution in [-0.2, 0) is 4.84 Å². The summed E-state index contributed by atoms with van der Waals surface area (Å²) >= 11 is 0. The fraction of sp³-hybridized carbons (Fsp3) is 0.364. The molecule has 0 spiro atoms. The Morgan fingerprint density at radius 3 is 2.00 bits per heavy atom. The van der Waals surface area contributed by atoms with Crippen LogP contribution in [0.3, 0.4) is 0 Å². The monoisotopic (exact) mass is 225 g/mol. The summed E-state index contributed by atoms with van der Waals surface area (Å²) in [6, 6.07) is 5.14. The lowest BCUT2D eigenvalue weighted by molar-refractivity contribution is -0.0759. The summed E-state index contributed by atoms with van der Waals surface area (Å²) in [5.41, 5.74) is 0.344. The van der Waals surface area contributed by atoms with Crippen LogP contribution in [0.5, 0.6) is 11.5 Å². The Bertz CT molecular complexity index is 356. The molecule has 1 aromatic rings. The van der Waals surface area contributed by atoms with Crippen LogP contribution < -0.4 is 9.47 Å². The van der Waals surface area contributed by atoms with E-state index in [4.69, 9.17) is 14.3 Å². The van der Waals surface area contributed by atoms with Crippen molar-refractivity contribution in [3.63, 3.8) is 0 Å². The van der Waals surface area contributed by atoms with Crippen LogP contribution in [-0.4, -0.2) is 39.3 Å². The van der Waals surface area contributed by atoms with Crippen LogP contribution in [0.25, 0.3) is 0 Å². The number of hydroxylamine groups is 2. The van der Waals surface area contributed by atoms with Gasteiger partial charge in [0.25, 0.3) is 5.91 Å². The molecule has 0 aromatic heterocycles. The molecule has 5 nitrogen and oxygen atoms in total. The van der Waals surface area contributed by atoms with E-state index >= 15 is 0 Å². The molecule has 88 valence electrons. The molecule has 0 atom stereocenters. The highest BCUT2D eigenvalue weighted by Gasteiger charge is 2.21. The fourth-order valence-electron chi connectivity index (χ4n) is 1.30. The van der Waals surface area contributed by atoms with Crippen LogP contribution in [0.15, 0.2) is 18.2 Å². The number of benzene rings is 1. The molecule has 0 aliphatic heterocycles. The van der Waals surface area contributed by atoms with Gasteiger partial charge in [0.1, 0.15) is 17.1 Å². The second-order valence-corrected chi connectivity index (χ2v) is 3.02. The molecule has 0 saturated heterocycles. The predicted octanol–water partition coefficient (Wildman–Crippen LogP) is 1.34. The van der Waals surface area contributed by atoms with E-state index in [1.807, 2.05) is 0 Å². The highest BCUT2D eigenvalue weighted by Crippen LogP contribution is 2.29. The van der Waals surface area contributed by atoms with Gasteiger partial charge in [0.2, 0.25) is 0 Å². The quantitative estimate of drug-likeness (QED) is 0.725. The maximum absolute atomic E-state index is 12.0. The van der Waals surface area contributed by atoms with Crippen LogP contribution in [0, 0.1) is 0 Å². The minimum Gasteiger partial charge on any atom is -0.496 e. The number of hydrogen-bond donors (Lipinski definition) is 0. The van der Waals surface area contributed by atoms with Crippen molar-refractivity contribution in [2.45, 2.75) is 0 Å². The molecule has 1 rings (SSSR count). The molecular weight excluding hydrogens is 210 g/mol. The summed E-state index contributed by atoms with van der Waals surface area (Å²) in [5.74, 6) is 0.582. The largest absolute Gasteiger partial charge is 0.496 e. The Labute approximate surface area is 94.5 Å². The molecule has 0 saturated carbocycles. The number of methoxy groups -OCH3 is 2. The van der Waals surface area contributed by atoms with Crippen LogP contribution >= 0.6 is 0 Å². The van der Waals surface area contributed by atoms with E-state index in [-0.39, 0.29) is 5.91 Å². The predicted molar refractivity (Wildman–Crippen MR) is 58.6 cm³/mol. The zero-order valence-electron chi connectivity index (χ0n) is 9.81. The molecule has 0 fully saturated rings. The van der Waals surface area contributed by atoms with Gasteiger partial charge in [-0.25, -0.2) is 5.06 Å². The van der Waals surface area contributed by atoms with E-state index in [0.29, 0.717) is 17.1 Å². The number of rotatable bonds is 4. The van der Waals surface area contributed by atoms with Crippen molar-refractivity contribution in [2.24, 2.45) is 0 Å². The average molecular weight is 225 g/mol. The molecule has 0 radical (unpaired) electrons. The minimum atomic E-state index is -0.322. The summed E-state index contributed by atoms with van der Waals surface area (Å²) < 4.78 is 10.2. The molecule has 0 unspecified atom stereocenters. The van der Waals surface area contributed by atoms with Crippen LogP contribution in [0.2, 0.25) is 0 Å². The third-order valence-corrected chi connectivity index (χ3v) is 2.20. The zero-order valence-corrected chi connectivity index (χ0v) is 9.81. The Hall–Kier alpha value is -1.75. The standard InChI is InChI=1S/C11H15NO4/c1-12(16-4)11(13)10-8(14-2)6-5-7-9(10)15-3/h5-7H,1-4H3. The summed E-state index contributed by atoms with van der Waals surface area (Å²) in [6.07, 6.45) is 0. The van der Waals surface area contributed by atoms with Gasteiger partial charge in [-0.1, -0.05) is 6.07 Å². The van der Waals surface area contributed by atoms with Gasteiger partial charge in [0.15, 0.2) is 0 Å². The average Bonchev–Trinajstić information content (AvgIpc) is 2.35. The summed E-state index contributed by atoms with van der Waals surface area (Å²) in [7, 11) is 5.94. The number of carbonyl (C=O) groups excluding carboxylic acids is 1. The third-order valence-electron chi connectivity index (χ3n) is 2.20. The molecule has 16 heavy (non-hydrogen) atoms. The van der Waals surface area contributed by atoms with E-state index in [0.717, 1.165) is 5.06 Å². The number of nitrogens with zero attached hydrogens (tertiary/aromatic N) is 1. The lowest BCUT2D eigenvalue weighted by atomic mass is 10.1. The zero-order chi connectivity index (χ0) is 12.1. The highest BCUT2D eigenvalue weighted by molar-refractivity contribution is 5.99. The van der Waals surface area contributed by atoms with E-state index in [1.165, 1.54) is 28.4 Å². The van der Waals surface area contributed by atoms with Gasteiger partial charge in [-0.3, -0.25) is 9.63 Å². The van der Waals surface area contributed by atoms with Gasteiger partial charge < -0.3 is 9.47 Å². The topological polar surface area (TPSA) is 48.0 Å². The van der Waals surface area contributed by atoms with Crippen molar-refractivity contribution in [3.05, 3.63) is 23.8 Å². The maximum Gasteiger partial charge on any atom is 0.284 e. The van der Waals surface area contributed by atoms with Crippen LogP contribution in [0.4, 0.5) is 0 Å². The molecular formula is C11H15NO4. The van der Waals surface area contributed by atoms with E-state index in [9.17, 15) is 4.79 Å². The maximum atomic E-state index is 12.0. The highest BCUT2D eigenvalue weighted by atomic mass is 16.7. The second kappa shape index (κ2) is 5.37. The lowest BCUT2D eigenvalue weighted by Crippen LogP contribution is -2.26. The number of carbonyl (C=O) groups is 1. The van der Waals surface area contributed by atoms with Crippen molar-refractivity contribution in [3.8, 4) is 11.5 Å². The number of amides is 1. The van der Waals surface area contributed by atoms with E-state index in [1.54, 1.807) is 18.2 Å². The SMILES string of the molecule is COc1cccc(OC)c1C(=O)N(C)OC. The second-order valence-electron chi connectivity index (χ2n) is 3.02. The number of hydrogen-bond acceptors (Lipinski definition) is 4. The van der Waals surface area contributed by atoms with Gasteiger partial charge in [0, 0.05) is 7.05 Å². The first-order chi connectivity index (χ1) is 7.65. The summed E-state index contributed by atoms with van der Waals surface area (Å²) in [4.78, 5) is 16.8. The van der Waals surface area contributed by atoms with Crippen molar-refractivity contribution in [1.29, 1.82) is 0 Å². The fourth-order valence-corrected chi connectivity index (χ4v) is 1.30. The van der Waals surface area contributed by atoms with Gasteiger partial charge in [-0.2, -0.15) is 0 Å². The third kappa shape index (κ3) is 2.25. The summed E-state index contributed by atoms with van der Waals surface area (Å²) in [5, 5.41) is 1.11. The van der Waals surface area contributed by atoms with Gasteiger partial charge in [0.05, 0.1) is 21.3 Å². The Morgan fingerprint density at radius 2 is 1.62 bits per heavy atom. The number of ether oxygens (including phenoxy) is 2. The first-order valence-electron chi connectivity index (χ1n) is 4.68. The van der Waals surface area contributed by atoms with Gasteiger partial charge >= 0.3 is 0 Å². The molecule has 0 heterocycles. The van der Waals surface area contributed by atoms with Crippen molar-refractivity contribution in [1.82, 2.24) is 5.06 Å². The van der Waals surface area contributed by atoms with E-state index < -0.39 is 0 Å². The normalized spacial score (nSPS) is 9.75. The van der Waals surface area contributed by atoms with Crippen molar-refractivity contribution in [2.75, 3.05) is 28.4 Å².